The number of carbonyl (C=O) groups excluding carboxylic acids is 2. The molecule has 0 heterocycles. The molecule has 2 amide bonds. The molecule has 1 fully saturated rings. The van der Waals surface area contributed by atoms with Crippen LogP contribution in [0.3, 0.4) is 0 Å². The Labute approximate surface area is 118 Å². The minimum Gasteiger partial charge on any atom is -0.369 e. The van der Waals surface area contributed by atoms with E-state index < -0.39 is 6.04 Å². The summed E-state index contributed by atoms with van der Waals surface area (Å²) in [5.74, 6) is -0.458. The Morgan fingerprint density at radius 2 is 1.70 bits per heavy atom. The lowest BCUT2D eigenvalue weighted by atomic mass is 9.85. The molecule has 1 aromatic rings. The molecule has 0 saturated heterocycles. The SMILES string of the molecule is NC(=O)C1CCC(NC(=O)[C@@H](N)c2ccccc2)CC1. The number of nitrogens with one attached hydrogen (secondary N) is 1. The second kappa shape index (κ2) is 6.52. The van der Waals surface area contributed by atoms with Gasteiger partial charge in [0.25, 0.3) is 0 Å². The number of hydrogen-bond acceptors (Lipinski definition) is 3. The van der Waals surface area contributed by atoms with Gasteiger partial charge in [-0.05, 0) is 31.2 Å². The number of rotatable bonds is 4. The van der Waals surface area contributed by atoms with Crippen LogP contribution in [-0.2, 0) is 9.59 Å². The first-order valence-corrected chi connectivity index (χ1v) is 6.98. The molecular weight excluding hydrogens is 254 g/mol. The predicted molar refractivity (Wildman–Crippen MR) is 76.5 cm³/mol. The molecule has 0 aromatic heterocycles. The summed E-state index contributed by atoms with van der Waals surface area (Å²) in [6, 6.07) is 8.74. The third-order valence-electron chi connectivity index (χ3n) is 3.92. The molecule has 1 aliphatic rings. The smallest absolute Gasteiger partial charge is 0.241 e. The molecule has 0 radical (unpaired) electrons. The van der Waals surface area contributed by atoms with E-state index in [4.69, 9.17) is 11.5 Å². The number of amides is 2. The van der Waals surface area contributed by atoms with Crippen LogP contribution in [0.25, 0.3) is 0 Å². The molecule has 5 N–H and O–H groups in total. The van der Waals surface area contributed by atoms with E-state index in [0.717, 1.165) is 31.2 Å². The highest BCUT2D eigenvalue weighted by Crippen LogP contribution is 2.24. The summed E-state index contributed by atoms with van der Waals surface area (Å²) in [7, 11) is 0. The first-order valence-electron chi connectivity index (χ1n) is 6.98. The van der Waals surface area contributed by atoms with Crippen molar-refractivity contribution in [2.75, 3.05) is 0 Å². The van der Waals surface area contributed by atoms with Crippen LogP contribution in [0.5, 0.6) is 0 Å². The summed E-state index contributed by atoms with van der Waals surface area (Å²) >= 11 is 0. The Hall–Kier alpha value is -1.88. The van der Waals surface area contributed by atoms with Gasteiger partial charge in [0.05, 0.1) is 0 Å². The quantitative estimate of drug-likeness (QED) is 0.759. The summed E-state index contributed by atoms with van der Waals surface area (Å²) in [4.78, 5) is 23.2. The van der Waals surface area contributed by atoms with Crippen molar-refractivity contribution in [1.82, 2.24) is 5.32 Å². The van der Waals surface area contributed by atoms with Crippen molar-refractivity contribution in [2.45, 2.75) is 37.8 Å². The topological polar surface area (TPSA) is 98.2 Å². The van der Waals surface area contributed by atoms with Gasteiger partial charge in [-0.15, -0.1) is 0 Å². The highest BCUT2D eigenvalue weighted by atomic mass is 16.2. The third kappa shape index (κ3) is 3.57. The van der Waals surface area contributed by atoms with E-state index in [1.54, 1.807) is 0 Å². The molecular formula is C15H21N3O2. The van der Waals surface area contributed by atoms with Crippen molar-refractivity contribution in [1.29, 1.82) is 0 Å². The maximum Gasteiger partial charge on any atom is 0.241 e. The van der Waals surface area contributed by atoms with E-state index in [9.17, 15) is 9.59 Å². The van der Waals surface area contributed by atoms with Gasteiger partial charge in [-0.2, -0.15) is 0 Å². The Balaban J connectivity index is 1.85. The van der Waals surface area contributed by atoms with Crippen LogP contribution < -0.4 is 16.8 Å². The van der Waals surface area contributed by atoms with Gasteiger partial charge < -0.3 is 16.8 Å². The third-order valence-corrected chi connectivity index (χ3v) is 3.92. The highest BCUT2D eigenvalue weighted by molar-refractivity contribution is 5.83. The van der Waals surface area contributed by atoms with Gasteiger partial charge in [0, 0.05) is 12.0 Å². The van der Waals surface area contributed by atoms with Gasteiger partial charge in [-0.3, -0.25) is 9.59 Å². The highest BCUT2D eigenvalue weighted by Gasteiger charge is 2.27. The molecule has 0 aliphatic heterocycles. The zero-order chi connectivity index (χ0) is 14.5. The number of nitrogens with two attached hydrogens (primary N) is 2. The normalized spacial score (nSPS) is 23.9. The minimum absolute atomic E-state index is 0.0500. The van der Waals surface area contributed by atoms with Crippen LogP contribution in [0.4, 0.5) is 0 Å². The lowest BCUT2D eigenvalue weighted by Gasteiger charge is -2.28. The lowest BCUT2D eigenvalue weighted by Crippen LogP contribution is -2.43. The van der Waals surface area contributed by atoms with Crippen LogP contribution in [0, 0.1) is 5.92 Å². The zero-order valence-electron chi connectivity index (χ0n) is 11.4. The first-order chi connectivity index (χ1) is 9.58. The zero-order valence-corrected chi connectivity index (χ0v) is 11.4. The van der Waals surface area contributed by atoms with Crippen molar-refractivity contribution in [2.24, 2.45) is 17.4 Å². The number of hydrogen-bond donors (Lipinski definition) is 3. The van der Waals surface area contributed by atoms with Crippen LogP contribution in [0.1, 0.15) is 37.3 Å². The molecule has 108 valence electrons. The molecule has 0 unspecified atom stereocenters. The van der Waals surface area contributed by atoms with Crippen molar-refractivity contribution in [3.63, 3.8) is 0 Å². The average molecular weight is 275 g/mol. The molecule has 1 aliphatic carbocycles. The molecule has 1 atom stereocenters. The van der Waals surface area contributed by atoms with Crippen molar-refractivity contribution in [3.05, 3.63) is 35.9 Å². The Morgan fingerprint density at radius 1 is 1.10 bits per heavy atom. The van der Waals surface area contributed by atoms with E-state index in [1.165, 1.54) is 0 Å². The van der Waals surface area contributed by atoms with Gasteiger partial charge in [-0.25, -0.2) is 0 Å². The fourth-order valence-electron chi connectivity index (χ4n) is 2.62. The molecule has 20 heavy (non-hydrogen) atoms. The summed E-state index contributed by atoms with van der Waals surface area (Å²) in [6.07, 6.45) is 3.03. The van der Waals surface area contributed by atoms with Gasteiger partial charge in [0.2, 0.25) is 11.8 Å². The summed E-state index contributed by atoms with van der Waals surface area (Å²) in [5, 5.41) is 2.96. The molecule has 0 spiro atoms. The Kier molecular flexibility index (Phi) is 4.74. The summed E-state index contributed by atoms with van der Waals surface area (Å²) in [6.45, 7) is 0. The molecule has 0 bridgehead atoms. The molecule has 1 aromatic carbocycles. The number of primary amides is 1. The van der Waals surface area contributed by atoms with E-state index in [1.807, 2.05) is 30.3 Å². The second-order valence-electron chi connectivity index (χ2n) is 5.35. The molecule has 5 nitrogen and oxygen atoms in total. The van der Waals surface area contributed by atoms with Crippen LogP contribution >= 0.6 is 0 Å². The van der Waals surface area contributed by atoms with Crippen molar-refractivity contribution < 1.29 is 9.59 Å². The van der Waals surface area contributed by atoms with Gasteiger partial charge in [0.1, 0.15) is 6.04 Å². The summed E-state index contributed by atoms with van der Waals surface area (Å²) < 4.78 is 0. The van der Waals surface area contributed by atoms with E-state index in [-0.39, 0.29) is 23.8 Å². The number of carbonyl (C=O) groups is 2. The average Bonchev–Trinajstić information content (AvgIpc) is 2.48. The lowest BCUT2D eigenvalue weighted by molar-refractivity contribution is -0.124. The predicted octanol–water partition coefficient (Wildman–Crippen LogP) is 0.847. The molecule has 5 heteroatoms. The van der Waals surface area contributed by atoms with E-state index in [0.29, 0.717) is 0 Å². The Morgan fingerprint density at radius 3 is 2.25 bits per heavy atom. The number of benzene rings is 1. The molecule has 2 rings (SSSR count). The van der Waals surface area contributed by atoms with Gasteiger partial charge >= 0.3 is 0 Å². The maximum atomic E-state index is 12.1. The van der Waals surface area contributed by atoms with E-state index in [2.05, 4.69) is 5.32 Å². The largest absolute Gasteiger partial charge is 0.369 e. The first kappa shape index (κ1) is 14.5. The van der Waals surface area contributed by atoms with Crippen LogP contribution in [0.15, 0.2) is 30.3 Å². The van der Waals surface area contributed by atoms with Crippen molar-refractivity contribution in [3.8, 4) is 0 Å². The summed E-state index contributed by atoms with van der Waals surface area (Å²) in [5.41, 5.74) is 12.0. The standard InChI is InChI=1S/C15H21N3O2/c16-13(10-4-2-1-3-5-10)15(20)18-12-8-6-11(7-9-12)14(17)19/h1-5,11-13H,6-9,16H2,(H2,17,19)(H,18,20)/t11?,12?,13-/m0/s1. The monoisotopic (exact) mass is 275 g/mol. The van der Waals surface area contributed by atoms with Crippen molar-refractivity contribution >= 4 is 11.8 Å². The maximum absolute atomic E-state index is 12.1. The van der Waals surface area contributed by atoms with Gasteiger partial charge in [0.15, 0.2) is 0 Å². The van der Waals surface area contributed by atoms with E-state index >= 15 is 0 Å². The van der Waals surface area contributed by atoms with Crippen LogP contribution in [0.2, 0.25) is 0 Å². The second-order valence-corrected chi connectivity index (χ2v) is 5.35. The van der Waals surface area contributed by atoms with Crippen LogP contribution in [-0.4, -0.2) is 17.9 Å². The Bertz CT molecular complexity index is 467. The molecule has 1 saturated carbocycles. The minimum atomic E-state index is -0.648. The fourth-order valence-corrected chi connectivity index (χ4v) is 2.62. The van der Waals surface area contributed by atoms with Gasteiger partial charge in [-0.1, -0.05) is 30.3 Å². The fraction of sp³-hybridized carbons (Fsp3) is 0.467.